The molecule has 0 bridgehead atoms. The standard InChI is InChI=1S/C16H18N2O5S/c1-11(2)23-16-10-13(18(19)20)6-9-15(16)17-24(21,22)14-7-4-12(3)5-8-14/h4-11,17H,1-3H3. The molecule has 2 rings (SSSR count). The highest BCUT2D eigenvalue weighted by atomic mass is 32.2. The van der Waals surface area contributed by atoms with E-state index in [1.165, 1.54) is 30.3 Å². The molecule has 0 saturated heterocycles. The van der Waals surface area contributed by atoms with Crippen LogP contribution in [-0.2, 0) is 10.0 Å². The normalized spacial score (nSPS) is 11.3. The fraction of sp³-hybridized carbons (Fsp3) is 0.250. The van der Waals surface area contributed by atoms with Crippen LogP contribution in [0.3, 0.4) is 0 Å². The molecule has 2 aromatic carbocycles. The summed E-state index contributed by atoms with van der Waals surface area (Å²) in [5.74, 6) is 0.106. The Balaban J connectivity index is 2.40. The quantitative estimate of drug-likeness (QED) is 0.635. The van der Waals surface area contributed by atoms with E-state index in [0.29, 0.717) is 0 Å². The number of sulfonamides is 1. The van der Waals surface area contributed by atoms with E-state index in [1.54, 1.807) is 26.0 Å². The van der Waals surface area contributed by atoms with Gasteiger partial charge in [-0.25, -0.2) is 8.42 Å². The summed E-state index contributed by atoms with van der Waals surface area (Å²) >= 11 is 0. The predicted molar refractivity (Wildman–Crippen MR) is 90.8 cm³/mol. The maximum Gasteiger partial charge on any atom is 0.273 e. The van der Waals surface area contributed by atoms with Gasteiger partial charge >= 0.3 is 0 Å². The molecule has 0 heterocycles. The van der Waals surface area contributed by atoms with E-state index >= 15 is 0 Å². The minimum atomic E-state index is -3.82. The number of hydrogen-bond acceptors (Lipinski definition) is 5. The summed E-state index contributed by atoms with van der Waals surface area (Å²) in [5, 5.41) is 10.9. The molecule has 8 heteroatoms. The van der Waals surface area contributed by atoms with Gasteiger partial charge in [0.25, 0.3) is 15.7 Å². The number of hydrogen-bond donors (Lipinski definition) is 1. The average Bonchev–Trinajstić information content (AvgIpc) is 2.48. The lowest BCUT2D eigenvalue weighted by molar-refractivity contribution is -0.384. The van der Waals surface area contributed by atoms with E-state index in [1.807, 2.05) is 6.92 Å². The van der Waals surface area contributed by atoms with Crippen molar-refractivity contribution < 1.29 is 18.1 Å². The summed E-state index contributed by atoms with van der Waals surface area (Å²) in [7, 11) is -3.82. The second-order valence-electron chi connectivity index (χ2n) is 5.52. The molecule has 0 radical (unpaired) electrons. The first-order valence-corrected chi connectivity index (χ1v) is 8.72. The largest absolute Gasteiger partial charge is 0.489 e. The van der Waals surface area contributed by atoms with Gasteiger partial charge < -0.3 is 4.74 Å². The molecule has 0 aromatic heterocycles. The number of aryl methyl sites for hydroxylation is 1. The van der Waals surface area contributed by atoms with Crippen LogP contribution in [0.5, 0.6) is 5.75 Å². The van der Waals surface area contributed by atoms with Crippen LogP contribution in [0.2, 0.25) is 0 Å². The van der Waals surface area contributed by atoms with E-state index in [0.717, 1.165) is 5.56 Å². The topological polar surface area (TPSA) is 98.5 Å². The highest BCUT2D eigenvalue weighted by Gasteiger charge is 2.19. The molecule has 0 aliphatic carbocycles. The van der Waals surface area contributed by atoms with E-state index in [9.17, 15) is 18.5 Å². The van der Waals surface area contributed by atoms with Gasteiger partial charge in [-0.3, -0.25) is 14.8 Å². The fourth-order valence-corrected chi connectivity index (χ4v) is 3.05. The molecule has 1 N–H and O–H groups in total. The van der Waals surface area contributed by atoms with Crippen LogP contribution in [0.15, 0.2) is 47.4 Å². The molecule has 7 nitrogen and oxygen atoms in total. The first-order chi connectivity index (χ1) is 11.2. The number of non-ortho nitro benzene ring substituents is 1. The summed E-state index contributed by atoms with van der Waals surface area (Å²) in [6, 6.07) is 10.1. The molecule has 0 aliphatic rings. The van der Waals surface area contributed by atoms with Crippen molar-refractivity contribution in [2.75, 3.05) is 4.72 Å². The number of nitrogens with zero attached hydrogens (tertiary/aromatic N) is 1. The lowest BCUT2D eigenvalue weighted by Crippen LogP contribution is -2.15. The van der Waals surface area contributed by atoms with Gasteiger partial charge in [0, 0.05) is 6.07 Å². The molecule has 0 spiro atoms. The molecule has 0 fully saturated rings. The van der Waals surface area contributed by atoms with Crippen molar-refractivity contribution >= 4 is 21.4 Å². The van der Waals surface area contributed by atoms with Gasteiger partial charge in [0.15, 0.2) is 5.75 Å². The summed E-state index contributed by atoms with van der Waals surface area (Å²) in [4.78, 5) is 10.4. The van der Waals surface area contributed by atoms with Gasteiger partial charge in [0.05, 0.1) is 27.7 Å². The van der Waals surface area contributed by atoms with Crippen molar-refractivity contribution in [1.82, 2.24) is 0 Å². The molecule has 2 aromatic rings. The summed E-state index contributed by atoms with van der Waals surface area (Å²) in [5.41, 5.74) is 0.909. The zero-order valence-electron chi connectivity index (χ0n) is 13.5. The van der Waals surface area contributed by atoms with Gasteiger partial charge in [-0.05, 0) is 39.0 Å². The van der Waals surface area contributed by atoms with E-state index < -0.39 is 14.9 Å². The summed E-state index contributed by atoms with van der Waals surface area (Å²) in [6.07, 6.45) is -0.269. The monoisotopic (exact) mass is 350 g/mol. The Bertz CT molecular complexity index is 845. The molecule has 24 heavy (non-hydrogen) atoms. The number of anilines is 1. The summed E-state index contributed by atoms with van der Waals surface area (Å²) < 4.78 is 32.9. The van der Waals surface area contributed by atoms with Crippen LogP contribution in [0.25, 0.3) is 0 Å². The number of rotatable bonds is 6. The van der Waals surface area contributed by atoms with Crippen molar-refractivity contribution in [2.24, 2.45) is 0 Å². The number of nitro benzene ring substituents is 1. The van der Waals surface area contributed by atoms with Gasteiger partial charge in [-0.2, -0.15) is 0 Å². The minimum absolute atomic E-state index is 0.0990. The third-order valence-electron chi connectivity index (χ3n) is 3.11. The van der Waals surface area contributed by atoms with Gasteiger partial charge in [-0.15, -0.1) is 0 Å². The fourth-order valence-electron chi connectivity index (χ4n) is 1.98. The number of nitro groups is 1. The third kappa shape index (κ3) is 4.23. The predicted octanol–water partition coefficient (Wildman–Crippen LogP) is 3.49. The van der Waals surface area contributed by atoms with Gasteiger partial charge in [0.1, 0.15) is 0 Å². The first kappa shape index (κ1) is 17.7. The zero-order valence-corrected chi connectivity index (χ0v) is 14.3. The Hall–Kier alpha value is -2.61. The Morgan fingerprint density at radius 3 is 2.29 bits per heavy atom. The van der Waals surface area contributed by atoms with Crippen LogP contribution >= 0.6 is 0 Å². The van der Waals surface area contributed by atoms with Crippen LogP contribution in [-0.4, -0.2) is 19.4 Å². The molecular weight excluding hydrogens is 332 g/mol. The van der Waals surface area contributed by atoms with Crippen molar-refractivity contribution in [3.05, 3.63) is 58.1 Å². The number of nitrogens with one attached hydrogen (secondary N) is 1. The molecule has 128 valence electrons. The Morgan fingerprint density at radius 2 is 1.75 bits per heavy atom. The SMILES string of the molecule is Cc1ccc(S(=O)(=O)Nc2ccc([N+](=O)[O-])cc2OC(C)C)cc1. The van der Waals surface area contributed by atoms with E-state index in [-0.39, 0.29) is 28.1 Å². The zero-order chi connectivity index (χ0) is 17.9. The molecule has 0 amide bonds. The molecule has 0 saturated carbocycles. The molecular formula is C16H18N2O5S. The minimum Gasteiger partial charge on any atom is -0.489 e. The van der Waals surface area contributed by atoms with Crippen LogP contribution in [0.1, 0.15) is 19.4 Å². The smallest absolute Gasteiger partial charge is 0.273 e. The first-order valence-electron chi connectivity index (χ1n) is 7.23. The maximum atomic E-state index is 12.5. The average molecular weight is 350 g/mol. The highest BCUT2D eigenvalue weighted by molar-refractivity contribution is 7.92. The van der Waals surface area contributed by atoms with Crippen LogP contribution in [0.4, 0.5) is 11.4 Å². The lowest BCUT2D eigenvalue weighted by Gasteiger charge is -2.15. The van der Waals surface area contributed by atoms with Crippen LogP contribution < -0.4 is 9.46 Å². The van der Waals surface area contributed by atoms with Gasteiger partial charge in [-0.1, -0.05) is 17.7 Å². The second-order valence-corrected chi connectivity index (χ2v) is 7.21. The molecule has 0 unspecified atom stereocenters. The number of ether oxygens (including phenoxy) is 1. The van der Waals surface area contributed by atoms with Gasteiger partial charge in [0.2, 0.25) is 0 Å². The Morgan fingerprint density at radius 1 is 1.12 bits per heavy atom. The van der Waals surface area contributed by atoms with Crippen molar-refractivity contribution in [1.29, 1.82) is 0 Å². The van der Waals surface area contributed by atoms with Crippen LogP contribution in [0, 0.1) is 17.0 Å². The molecule has 0 aliphatic heterocycles. The highest BCUT2D eigenvalue weighted by Crippen LogP contribution is 2.32. The van der Waals surface area contributed by atoms with E-state index in [4.69, 9.17) is 4.74 Å². The van der Waals surface area contributed by atoms with Crippen molar-refractivity contribution in [3.8, 4) is 5.75 Å². The molecule has 0 atom stereocenters. The van der Waals surface area contributed by atoms with Crippen molar-refractivity contribution in [3.63, 3.8) is 0 Å². The Labute approximate surface area is 140 Å². The lowest BCUT2D eigenvalue weighted by atomic mass is 10.2. The van der Waals surface area contributed by atoms with E-state index in [2.05, 4.69) is 4.72 Å². The number of benzene rings is 2. The second kappa shape index (κ2) is 6.88. The third-order valence-corrected chi connectivity index (χ3v) is 4.50. The Kier molecular flexibility index (Phi) is 5.08. The maximum absolute atomic E-state index is 12.5. The summed E-state index contributed by atoms with van der Waals surface area (Å²) in [6.45, 7) is 5.35. The van der Waals surface area contributed by atoms with Crippen molar-refractivity contribution in [2.45, 2.75) is 31.8 Å².